The molecule has 2 rings (SSSR count). The molecule has 0 unspecified atom stereocenters. The standard InChI is InChI=1S/C11H15N3O2/c1-15-9-4-3-8(7-10(9)16-2)14-6-5-11(12)13-14/h3-4,7H,5-6H2,1-2H3,(H2,12,13). The van der Waals surface area contributed by atoms with E-state index in [-0.39, 0.29) is 0 Å². The molecule has 0 saturated carbocycles. The van der Waals surface area contributed by atoms with Crippen LogP contribution in [0.2, 0.25) is 0 Å². The molecular formula is C11H15N3O2. The summed E-state index contributed by atoms with van der Waals surface area (Å²) < 4.78 is 10.4. The van der Waals surface area contributed by atoms with Gasteiger partial charge < -0.3 is 15.2 Å². The van der Waals surface area contributed by atoms with Crippen LogP contribution in [0.15, 0.2) is 23.3 Å². The fourth-order valence-corrected chi connectivity index (χ4v) is 1.65. The van der Waals surface area contributed by atoms with Gasteiger partial charge in [-0.1, -0.05) is 0 Å². The van der Waals surface area contributed by atoms with Crippen molar-refractivity contribution in [3.8, 4) is 11.5 Å². The van der Waals surface area contributed by atoms with Crippen LogP contribution in [0.4, 0.5) is 5.69 Å². The lowest BCUT2D eigenvalue weighted by Gasteiger charge is -2.15. The first kappa shape index (κ1) is 10.6. The molecule has 5 heteroatoms. The largest absolute Gasteiger partial charge is 0.493 e. The highest BCUT2D eigenvalue weighted by Crippen LogP contribution is 2.32. The fourth-order valence-electron chi connectivity index (χ4n) is 1.65. The number of benzene rings is 1. The molecule has 0 amide bonds. The number of hydrogen-bond acceptors (Lipinski definition) is 5. The van der Waals surface area contributed by atoms with Crippen LogP contribution >= 0.6 is 0 Å². The first-order valence-corrected chi connectivity index (χ1v) is 5.07. The molecule has 0 bridgehead atoms. The van der Waals surface area contributed by atoms with E-state index in [4.69, 9.17) is 15.2 Å². The minimum atomic E-state index is 0.662. The van der Waals surface area contributed by atoms with Gasteiger partial charge in [-0.2, -0.15) is 5.10 Å². The molecule has 86 valence electrons. The third-order valence-corrected chi connectivity index (χ3v) is 2.49. The van der Waals surface area contributed by atoms with Crippen LogP contribution in [0.1, 0.15) is 6.42 Å². The number of ether oxygens (including phenoxy) is 2. The Labute approximate surface area is 94.4 Å². The molecule has 1 aliphatic heterocycles. The zero-order valence-corrected chi connectivity index (χ0v) is 9.43. The van der Waals surface area contributed by atoms with E-state index in [2.05, 4.69) is 5.10 Å². The van der Waals surface area contributed by atoms with Crippen LogP contribution in [0.5, 0.6) is 11.5 Å². The molecule has 0 saturated heterocycles. The highest BCUT2D eigenvalue weighted by atomic mass is 16.5. The average molecular weight is 221 g/mol. The maximum atomic E-state index is 5.64. The van der Waals surface area contributed by atoms with Gasteiger partial charge in [-0.25, -0.2) is 0 Å². The third kappa shape index (κ3) is 1.88. The molecule has 2 N–H and O–H groups in total. The number of anilines is 1. The van der Waals surface area contributed by atoms with Gasteiger partial charge in [-0.15, -0.1) is 0 Å². The molecule has 0 aromatic heterocycles. The lowest BCUT2D eigenvalue weighted by atomic mass is 10.2. The SMILES string of the molecule is COc1ccc(N2CCC(N)=N2)cc1OC. The highest BCUT2D eigenvalue weighted by molar-refractivity contribution is 5.84. The van der Waals surface area contributed by atoms with Crippen molar-refractivity contribution >= 4 is 11.5 Å². The minimum absolute atomic E-state index is 0.662. The number of methoxy groups -OCH3 is 2. The third-order valence-electron chi connectivity index (χ3n) is 2.49. The molecule has 16 heavy (non-hydrogen) atoms. The van der Waals surface area contributed by atoms with Crippen LogP contribution in [0.25, 0.3) is 0 Å². The topological polar surface area (TPSA) is 60.1 Å². The normalized spacial score (nSPS) is 14.9. The molecular weight excluding hydrogens is 206 g/mol. The quantitative estimate of drug-likeness (QED) is 0.832. The fraction of sp³-hybridized carbons (Fsp3) is 0.364. The summed E-state index contributed by atoms with van der Waals surface area (Å²) in [5.41, 5.74) is 6.60. The van der Waals surface area contributed by atoms with E-state index in [1.165, 1.54) is 0 Å². The Morgan fingerprint density at radius 3 is 2.56 bits per heavy atom. The van der Waals surface area contributed by atoms with Crippen molar-refractivity contribution in [3.05, 3.63) is 18.2 Å². The van der Waals surface area contributed by atoms with Crippen molar-refractivity contribution in [1.29, 1.82) is 0 Å². The van der Waals surface area contributed by atoms with E-state index < -0.39 is 0 Å². The molecule has 1 aromatic carbocycles. The number of hydrogen-bond donors (Lipinski definition) is 1. The lowest BCUT2D eigenvalue weighted by molar-refractivity contribution is 0.355. The minimum Gasteiger partial charge on any atom is -0.493 e. The summed E-state index contributed by atoms with van der Waals surface area (Å²) in [5.74, 6) is 2.07. The number of nitrogens with zero attached hydrogens (tertiary/aromatic N) is 2. The van der Waals surface area contributed by atoms with E-state index in [0.29, 0.717) is 17.3 Å². The first-order chi connectivity index (χ1) is 7.74. The molecule has 1 aliphatic rings. The van der Waals surface area contributed by atoms with Gasteiger partial charge in [-0.05, 0) is 12.1 Å². The van der Waals surface area contributed by atoms with E-state index in [1.807, 2.05) is 23.2 Å². The maximum Gasteiger partial charge on any atom is 0.162 e. The Kier molecular flexibility index (Phi) is 2.85. The number of hydrazone groups is 1. The van der Waals surface area contributed by atoms with Crippen LogP contribution < -0.4 is 20.2 Å². The van der Waals surface area contributed by atoms with E-state index in [1.54, 1.807) is 14.2 Å². The van der Waals surface area contributed by atoms with E-state index in [9.17, 15) is 0 Å². The molecule has 0 atom stereocenters. The Morgan fingerprint density at radius 1 is 1.25 bits per heavy atom. The number of amidine groups is 1. The van der Waals surface area contributed by atoms with Crippen molar-refractivity contribution < 1.29 is 9.47 Å². The summed E-state index contributed by atoms with van der Waals surface area (Å²) >= 11 is 0. The zero-order chi connectivity index (χ0) is 11.5. The summed E-state index contributed by atoms with van der Waals surface area (Å²) in [7, 11) is 3.23. The Hall–Kier alpha value is -1.91. The van der Waals surface area contributed by atoms with E-state index in [0.717, 1.165) is 18.7 Å². The second kappa shape index (κ2) is 4.30. The number of rotatable bonds is 3. The summed E-state index contributed by atoms with van der Waals surface area (Å²) in [4.78, 5) is 0. The average Bonchev–Trinajstić information content (AvgIpc) is 2.75. The van der Waals surface area contributed by atoms with Gasteiger partial charge in [-0.3, -0.25) is 5.01 Å². The zero-order valence-electron chi connectivity index (χ0n) is 9.43. The summed E-state index contributed by atoms with van der Waals surface area (Å²) in [6, 6.07) is 5.68. The highest BCUT2D eigenvalue weighted by Gasteiger charge is 2.15. The Bertz CT molecular complexity index is 418. The van der Waals surface area contributed by atoms with Crippen LogP contribution in [-0.4, -0.2) is 26.6 Å². The molecule has 0 fully saturated rings. The molecule has 0 aliphatic carbocycles. The smallest absolute Gasteiger partial charge is 0.162 e. The van der Waals surface area contributed by atoms with Gasteiger partial charge in [0.1, 0.15) is 5.84 Å². The molecule has 1 aromatic rings. The van der Waals surface area contributed by atoms with Crippen molar-refractivity contribution in [1.82, 2.24) is 0 Å². The van der Waals surface area contributed by atoms with Crippen molar-refractivity contribution in [2.75, 3.05) is 25.8 Å². The summed E-state index contributed by atoms with van der Waals surface area (Å²) in [6.45, 7) is 0.807. The molecule has 0 spiro atoms. The van der Waals surface area contributed by atoms with Crippen LogP contribution in [0.3, 0.4) is 0 Å². The second-order valence-corrected chi connectivity index (χ2v) is 3.50. The van der Waals surface area contributed by atoms with Gasteiger partial charge in [0.15, 0.2) is 11.5 Å². The summed E-state index contributed by atoms with van der Waals surface area (Å²) in [5, 5.41) is 6.08. The Balaban J connectivity index is 2.29. The van der Waals surface area contributed by atoms with Crippen molar-refractivity contribution in [2.24, 2.45) is 10.8 Å². The maximum absolute atomic E-state index is 5.64. The van der Waals surface area contributed by atoms with E-state index >= 15 is 0 Å². The van der Waals surface area contributed by atoms with Gasteiger partial charge in [0, 0.05) is 19.0 Å². The predicted molar refractivity (Wildman–Crippen MR) is 63.1 cm³/mol. The second-order valence-electron chi connectivity index (χ2n) is 3.50. The van der Waals surface area contributed by atoms with Crippen molar-refractivity contribution in [3.63, 3.8) is 0 Å². The van der Waals surface area contributed by atoms with Gasteiger partial charge in [0.2, 0.25) is 0 Å². The van der Waals surface area contributed by atoms with Gasteiger partial charge in [0.25, 0.3) is 0 Å². The van der Waals surface area contributed by atoms with Gasteiger partial charge in [0.05, 0.1) is 19.9 Å². The predicted octanol–water partition coefficient (Wildman–Crippen LogP) is 1.19. The van der Waals surface area contributed by atoms with Crippen molar-refractivity contribution in [2.45, 2.75) is 6.42 Å². The monoisotopic (exact) mass is 221 g/mol. The van der Waals surface area contributed by atoms with Gasteiger partial charge >= 0.3 is 0 Å². The van der Waals surface area contributed by atoms with Crippen LogP contribution in [-0.2, 0) is 0 Å². The molecule has 0 radical (unpaired) electrons. The summed E-state index contributed by atoms with van der Waals surface area (Å²) in [6.07, 6.45) is 0.800. The lowest BCUT2D eigenvalue weighted by Crippen LogP contribution is -2.11. The first-order valence-electron chi connectivity index (χ1n) is 5.07. The Morgan fingerprint density at radius 2 is 2.00 bits per heavy atom. The number of nitrogens with two attached hydrogens (primary N) is 1. The molecule has 5 nitrogen and oxygen atoms in total. The molecule has 1 heterocycles. The van der Waals surface area contributed by atoms with Crippen LogP contribution in [0, 0.1) is 0 Å².